The summed E-state index contributed by atoms with van der Waals surface area (Å²) in [6, 6.07) is 21.4. The van der Waals surface area contributed by atoms with Gasteiger partial charge in [-0.15, -0.1) is 6.58 Å². The summed E-state index contributed by atoms with van der Waals surface area (Å²) in [7, 11) is 0. The van der Waals surface area contributed by atoms with Gasteiger partial charge in [0.15, 0.2) is 0 Å². The van der Waals surface area contributed by atoms with E-state index in [4.69, 9.17) is 4.74 Å². The molecule has 0 bridgehead atoms. The Hall–Kier alpha value is -3.62. The zero-order chi connectivity index (χ0) is 23.8. The zero-order valence-electron chi connectivity index (χ0n) is 18.7. The number of halogens is 1. The highest BCUT2D eigenvalue weighted by Gasteiger charge is 2.13. The standard InChI is InChI=1S/C28H25BrN2O2/c1-4-5-23-14-22(15-24(17-30)28(32)31-25-12-8-20(3)9-13-25)16-26(29)27(23)33-18-21-10-6-19(2)7-11-21/h4,6-16H,1,5,18H2,2-3H3,(H,31,32)/b24-15-. The molecule has 0 aliphatic heterocycles. The van der Waals surface area contributed by atoms with Crippen molar-refractivity contribution in [2.45, 2.75) is 26.9 Å². The van der Waals surface area contributed by atoms with Crippen LogP contribution in [0, 0.1) is 25.2 Å². The van der Waals surface area contributed by atoms with Gasteiger partial charge in [0.05, 0.1) is 4.47 Å². The van der Waals surface area contributed by atoms with E-state index in [2.05, 4.69) is 40.0 Å². The average Bonchev–Trinajstić information content (AvgIpc) is 2.79. The SMILES string of the molecule is C=CCc1cc(/C=C(/C#N)C(=O)Nc2ccc(C)cc2)cc(Br)c1OCc1ccc(C)cc1. The van der Waals surface area contributed by atoms with Gasteiger partial charge < -0.3 is 10.1 Å². The van der Waals surface area contributed by atoms with Crippen LogP contribution >= 0.6 is 15.9 Å². The van der Waals surface area contributed by atoms with Crippen molar-refractivity contribution in [2.24, 2.45) is 0 Å². The summed E-state index contributed by atoms with van der Waals surface area (Å²) in [6.07, 6.45) is 3.95. The number of carbonyl (C=O) groups is 1. The lowest BCUT2D eigenvalue weighted by molar-refractivity contribution is -0.112. The van der Waals surface area contributed by atoms with E-state index < -0.39 is 5.91 Å². The predicted octanol–water partition coefficient (Wildman–Crippen LogP) is 6.92. The molecule has 0 aliphatic carbocycles. The molecule has 1 N–H and O–H groups in total. The Balaban J connectivity index is 1.84. The molecule has 0 atom stereocenters. The van der Waals surface area contributed by atoms with Crippen LogP contribution in [0.15, 0.2) is 83.4 Å². The lowest BCUT2D eigenvalue weighted by Gasteiger charge is -2.14. The van der Waals surface area contributed by atoms with Gasteiger partial charge in [0.1, 0.15) is 24.0 Å². The number of amides is 1. The molecule has 0 radical (unpaired) electrons. The maximum Gasteiger partial charge on any atom is 0.266 e. The minimum atomic E-state index is -0.456. The molecule has 0 aromatic heterocycles. The molecule has 33 heavy (non-hydrogen) atoms. The van der Waals surface area contributed by atoms with Gasteiger partial charge in [0.25, 0.3) is 5.91 Å². The van der Waals surface area contributed by atoms with Crippen LogP contribution < -0.4 is 10.1 Å². The second kappa shape index (κ2) is 11.3. The Bertz CT molecular complexity index is 1220. The molecule has 0 spiro atoms. The van der Waals surface area contributed by atoms with Crippen LogP contribution in [0.25, 0.3) is 6.08 Å². The first-order chi connectivity index (χ1) is 15.9. The van der Waals surface area contributed by atoms with E-state index in [1.165, 1.54) is 5.56 Å². The first kappa shape index (κ1) is 24.0. The summed E-state index contributed by atoms with van der Waals surface area (Å²) >= 11 is 3.59. The summed E-state index contributed by atoms with van der Waals surface area (Å²) < 4.78 is 6.86. The molecule has 3 aromatic rings. The predicted molar refractivity (Wildman–Crippen MR) is 137 cm³/mol. The molecular formula is C28H25BrN2O2. The van der Waals surface area contributed by atoms with Crippen LogP contribution in [0.4, 0.5) is 5.69 Å². The number of carbonyl (C=O) groups excluding carboxylic acids is 1. The third kappa shape index (κ3) is 6.68. The highest BCUT2D eigenvalue weighted by atomic mass is 79.9. The third-order valence-corrected chi connectivity index (χ3v) is 5.59. The van der Waals surface area contributed by atoms with E-state index in [1.54, 1.807) is 24.3 Å². The van der Waals surface area contributed by atoms with Gasteiger partial charge in [-0.05, 0) is 83.2 Å². The fourth-order valence-corrected chi connectivity index (χ4v) is 3.85. The molecule has 3 aromatic carbocycles. The Labute approximate surface area is 203 Å². The minimum Gasteiger partial charge on any atom is -0.487 e. The molecule has 0 unspecified atom stereocenters. The van der Waals surface area contributed by atoms with E-state index in [1.807, 2.05) is 56.3 Å². The Morgan fingerprint density at radius 2 is 1.73 bits per heavy atom. The van der Waals surface area contributed by atoms with E-state index in [0.717, 1.165) is 32.5 Å². The number of benzene rings is 3. The molecule has 4 nitrogen and oxygen atoms in total. The van der Waals surface area contributed by atoms with E-state index in [9.17, 15) is 10.1 Å². The number of anilines is 1. The Morgan fingerprint density at radius 1 is 1.09 bits per heavy atom. The molecule has 5 heteroatoms. The topological polar surface area (TPSA) is 62.1 Å². The first-order valence-electron chi connectivity index (χ1n) is 10.5. The number of aryl methyl sites for hydroxylation is 2. The molecular weight excluding hydrogens is 476 g/mol. The van der Waals surface area contributed by atoms with Crippen molar-refractivity contribution < 1.29 is 9.53 Å². The summed E-state index contributed by atoms with van der Waals surface area (Å²) in [5.41, 5.74) is 5.64. The number of hydrogen-bond donors (Lipinski definition) is 1. The molecule has 0 saturated heterocycles. The third-order valence-electron chi connectivity index (χ3n) is 5.00. The Morgan fingerprint density at radius 3 is 2.33 bits per heavy atom. The molecule has 3 rings (SSSR count). The summed E-state index contributed by atoms with van der Waals surface area (Å²) in [6.45, 7) is 8.29. The van der Waals surface area contributed by atoms with Gasteiger partial charge in [-0.3, -0.25) is 4.79 Å². The van der Waals surface area contributed by atoms with Gasteiger partial charge in [0, 0.05) is 5.69 Å². The molecule has 1 amide bonds. The van der Waals surface area contributed by atoms with Gasteiger partial charge in [-0.1, -0.05) is 53.6 Å². The normalized spacial score (nSPS) is 10.9. The molecule has 0 fully saturated rings. The van der Waals surface area contributed by atoms with Gasteiger partial charge >= 0.3 is 0 Å². The number of nitrogens with zero attached hydrogens (tertiary/aromatic N) is 1. The number of ether oxygens (including phenoxy) is 1. The van der Waals surface area contributed by atoms with Crippen molar-refractivity contribution in [3.05, 3.63) is 111 Å². The van der Waals surface area contributed by atoms with Crippen molar-refractivity contribution in [1.29, 1.82) is 5.26 Å². The van der Waals surface area contributed by atoms with E-state index >= 15 is 0 Å². The van der Waals surface area contributed by atoms with Gasteiger partial charge in [-0.2, -0.15) is 5.26 Å². The van der Waals surface area contributed by atoms with Crippen LogP contribution in [0.1, 0.15) is 27.8 Å². The van der Waals surface area contributed by atoms with Crippen molar-refractivity contribution in [2.75, 3.05) is 5.32 Å². The highest BCUT2D eigenvalue weighted by molar-refractivity contribution is 9.10. The second-order valence-electron chi connectivity index (χ2n) is 7.75. The highest BCUT2D eigenvalue weighted by Crippen LogP contribution is 2.33. The molecule has 0 heterocycles. The monoisotopic (exact) mass is 500 g/mol. The average molecular weight is 501 g/mol. The van der Waals surface area contributed by atoms with Gasteiger partial charge in [0.2, 0.25) is 0 Å². The van der Waals surface area contributed by atoms with E-state index in [0.29, 0.717) is 18.7 Å². The first-order valence-corrected chi connectivity index (χ1v) is 11.3. The lowest BCUT2D eigenvalue weighted by Crippen LogP contribution is -2.13. The second-order valence-corrected chi connectivity index (χ2v) is 8.60. The number of rotatable bonds is 8. The Kier molecular flexibility index (Phi) is 8.23. The number of nitrogens with one attached hydrogen (secondary N) is 1. The lowest BCUT2D eigenvalue weighted by atomic mass is 10.0. The summed E-state index contributed by atoms with van der Waals surface area (Å²) in [5, 5.41) is 12.3. The van der Waals surface area contributed by atoms with Crippen LogP contribution in [0.2, 0.25) is 0 Å². The van der Waals surface area contributed by atoms with Crippen molar-refractivity contribution in [3.8, 4) is 11.8 Å². The van der Waals surface area contributed by atoms with Crippen molar-refractivity contribution in [3.63, 3.8) is 0 Å². The zero-order valence-corrected chi connectivity index (χ0v) is 20.3. The molecule has 166 valence electrons. The number of nitriles is 1. The van der Waals surface area contributed by atoms with E-state index in [-0.39, 0.29) is 5.57 Å². The van der Waals surface area contributed by atoms with Crippen molar-refractivity contribution >= 4 is 33.6 Å². The van der Waals surface area contributed by atoms with Crippen LogP contribution in [-0.2, 0) is 17.8 Å². The number of allylic oxidation sites excluding steroid dienone is 1. The van der Waals surface area contributed by atoms with Gasteiger partial charge in [-0.25, -0.2) is 0 Å². The molecule has 0 aliphatic rings. The van der Waals surface area contributed by atoms with Crippen LogP contribution in [-0.4, -0.2) is 5.91 Å². The number of hydrogen-bond acceptors (Lipinski definition) is 3. The molecule has 0 saturated carbocycles. The maximum atomic E-state index is 12.6. The summed E-state index contributed by atoms with van der Waals surface area (Å²) in [4.78, 5) is 12.6. The smallest absolute Gasteiger partial charge is 0.266 e. The quantitative estimate of drug-likeness (QED) is 0.207. The van der Waals surface area contributed by atoms with Crippen LogP contribution in [0.3, 0.4) is 0 Å². The fraction of sp³-hybridized carbons (Fsp3) is 0.143. The fourth-order valence-electron chi connectivity index (χ4n) is 3.22. The van der Waals surface area contributed by atoms with Crippen LogP contribution in [0.5, 0.6) is 5.75 Å². The summed E-state index contributed by atoms with van der Waals surface area (Å²) in [5.74, 6) is 0.262. The maximum absolute atomic E-state index is 12.6. The largest absolute Gasteiger partial charge is 0.487 e. The minimum absolute atomic E-state index is 0.0142. The van der Waals surface area contributed by atoms with Crippen molar-refractivity contribution in [1.82, 2.24) is 0 Å².